The van der Waals surface area contributed by atoms with Crippen molar-refractivity contribution in [1.82, 2.24) is 14.9 Å². The highest BCUT2D eigenvalue weighted by Gasteiger charge is 2.27. The van der Waals surface area contributed by atoms with Crippen molar-refractivity contribution >= 4 is 41.0 Å². The second-order valence-electron chi connectivity index (χ2n) is 10.1. The van der Waals surface area contributed by atoms with Crippen LogP contribution in [0.4, 0.5) is 16.4 Å². The summed E-state index contributed by atoms with van der Waals surface area (Å²) in [6.45, 7) is 10.8. The van der Waals surface area contributed by atoms with Gasteiger partial charge in [0.05, 0.1) is 5.51 Å². The maximum Gasteiger partial charge on any atom is 0.426 e. The van der Waals surface area contributed by atoms with Gasteiger partial charge in [-0.1, -0.05) is 30.3 Å². The van der Waals surface area contributed by atoms with E-state index in [2.05, 4.69) is 65.2 Å². The Morgan fingerprint density at radius 3 is 2.53 bits per heavy atom. The molecule has 1 aliphatic rings. The molecule has 1 saturated heterocycles. The second-order valence-corrected chi connectivity index (χ2v) is 11.9. The summed E-state index contributed by atoms with van der Waals surface area (Å²) in [5.74, 6) is 1.54. The van der Waals surface area contributed by atoms with Crippen molar-refractivity contribution < 1.29 is 9.53 Å². The average molecular weight is 526 g/mol. The molecule has 2 aromatic heterocycles. The molecule has 7 nitrogen and oxygen atoms in total. The largest absolute Gasteiger partial charge is 0.443 e. The van der Waals surface area contributed by atoms with Crippen LogP contribution < -0.4 is 9.21 Å². The highest BCUT2D eigenvalue weighted by Crippen LogP contribution is 2.33. The Kier molecular flexibility index (Phi) is 8.54. The number of rotatable bonds is 7. The normalized spacial score (nSPS) is 15.0. The molecule has 0 radical (unpaired) electrons. The molecule has 1 fully saturated rings. The van der Waals surface area contributed by atoms with E-state index in [0.717, 1.165) is 48.8 Å². The molecule has 0 unspecified atom stereocenters. The van der Waals surface area contributed by atoms with Crippen LogP contribution in [0.3, 0.4) is 0 Å². The van der Waals surface area contributed by atoms with Crippen molar-refractivity contribution in [3.05, 3.63) is 64.6 Å². The Labute approximate surface area is 222 Å². The van der Waals surface area contributed by atoms with Crippen LogP contribution in [0.15, 0.2) is 58.4 Å². The fraction of sp³-hybridized carbons (Fsp3) is 0.444. The highest BCUT2D eigenvalue weighted by molar-refractivity contribution is 8.01. The molecule has 1 amide bonds. The minimum Gasteiger partial charge on any atom is -0.443 e. The van der Waals surface area contributed by atoms with E-state index in [1.807, 2.05) is 32.3 Å². The lowest BCUT2D eigenvalue weighted by Crippen LogP contribution is -2.43. The van der Waals surface area contributed by atoms with E-state index in [1.54, 1.807) is 5.51 Å². The zero-order valence-electron chi connectivity index (χ0n) is 21.7. The van der Waals surface area contributed by atoms with Crippen molar-refractivity contribution in [1.29, 1.82) is 0 Å². The van der Waals surface area contributed by atoms with Crippen LogP contribution in [-0.4, -0.2) is 52.7 Å². The summed E-state index contributed by atoms with van der Waals surface area (Å²) in [6.07, 6.45) is 3.60. The third-order valence-electron chi connectivity index (χ3n) is 6.10. The van der Waals surface area contributed by atoms with Crippen LogP contribution in [0.25, 0.3) is 0 Å². The van der Waals surface area contributed by atoms with E-state index in [9.17, 15) is 4.79 Å². The van der Waals surface area contributed by atoms with Gasteiger partial charge >= 0.3 is 6.09 Å². The van der Waals surface area contributed by atoms with Gasteiger partial charge in [-0.25, -0.2) is 14.8 Å². The lowest BCUT2D eigenvalue weighted by molar-refractivity contribution is 0.0611. The quantitative estimate of drug-likeness (QED) is 0.331. The van der Waals surface area contributed by atoms with Crippen molar-refractivity contribution in [3.8, 4) is 0 Å². The number of piperidine rings is 1. The summed E-state index contributed by atoms with van der Waals surface area (Å²) in [6, 6.07) is 13.2. The van der Waals surface area contributed by atoms with Crippen LogP contribution in [0.1, 0.15) is 44.7 Å². The minimum absolute atomic E-state index is 0.445. The Bertz CT molecular complexity index is 1130. The molecule has 36 heavy (non-hydrogen) atoms. The predicted octanol–water partition coefficient (Wildman–Crippen LogP) is 6.40. The number of carbonyl (C=O) groups is 1. The molecule has 4 rings (SSSR count). The first kappa shape index (κ1) is 26.4. The standard InChI is InChI=1S/C27H35N5O2S2/c1-20-15-23(36-32(24-18-35-19-29-24)26(33)34-27(2,3)4)16-28-25(20)30(5)22-11-13-31(14-12-22)17-21-9-7-6-8-10-21/h6-10,15-16,18-19,22H,11-14,17H2,1-5H3. The number of likely N-dealkylation sites (tertiary alicyclic amines) is 1. The van der Waals surface area contributed by atoms with Crippen LogP contribution >= 0.6 is 23.3 Å². The fourth-order valence-electron chi connectivity index (χ4n) is 4.33. The zero-order chi connectivity index (χ0) is 25.7. The lowest BCUT2D eigenvalue weighted by Gasteiger charge is -2.37. The average Bonchev–Trinajstić information content (AvgIpc) is 3.37. The minimum atomic E-state index is -0.594. The number of hydrogen-bond donors (Lipinski definition) is 0. The Morgan fingerprint density at radius 1 is 1.19 bits per heavy atom. The summed E-state index contributed by atoms with van der Waals surface area (Å²) >= 11 is 2.72. The summed E-state index contributed by atoms with van der Waals surface area (Å²) in [7, 11) is 2.14. The number of pyridine rings is 1. The van der Waals surface area contributed by atoms with Gasteiger partial charge in [0, 0.05) is 61.1 Å². The Balaban J connectivity index is 1.39. The Hall–Kier alpha value is -2.62. The molecule has 0 atom stereocenters. The number of thiazole rings is 1. The van der Waals surface area contributed by atoms with Gasteiger partial charge in [-0.05, 0) is 57.7 Å². The van der Waals surface area contributed by atoms with Crippen LogP contribution in [-0.2, 0) is 11.3 Å². The van der Waals surface area contributed by atoms with E-state index in [1.165, 1.54) is 33.2 Å². The fourth-order valence-corrected chi connectivity index (χ4v) is 5.76. The third kappa shape index (κ3) is 6.99. The maximum absolute atomic E-state index is 12.9. The number of amides is 1. The predicted molar refractivity (Wildman–Crippen MR) is 149 cm³/mol. The first-order valence-corrected chi connectivity index (χ1v) is 14.0. The van der Waals surface area contributed by atoms with E-state index in [-0.39, 0.29) is 0 Å². The number of benzene rings is 1. The Morgan fingerprint density at radius 2 is 1.92 bits per heavy atom. The molecule has 0 saturated carbocycles. The van der Waals surface area contributed by atoms with Crippen LogP contribution in [0.5, 0.6) is 0 Å². The van der Waals surface area contributed by atoms with Gasteiger partial charge in [0.2, 0.25) is 0 Å². The molecule has 0 spiro atoms. The third-order valence-corrected chi connectivity index (χ3v) is 7.62. The number of carbonyl (C=O) groups excluding carboxylic acids is 1. The van der Waals surface area contributed by atoms with Gasteiger partial charge < -0.3 is 9.64 Å². The molecule has 9 heteroatoms. The van der Waals surface area contributed by atoms with E-state index in [0.29, 0.717) is 11.9 Å². The number of hydrogen-bond acceptors (Lipinski definition) is 8. The zero-order valence-corrected chi connectivity index (χ0v) is 23.3. The molecular weight excluding hydrogens is 490 g/mol. The van der Waals surface area contributed by atoms with Gasteiger partial charge in [0.25, 0.3) is 0 Å². The van der Waals surface area contributed by atoms with Gasteiger partial charge in [0.15, 0.2) is 5.82 Å². The molecule has 0 aliphatic carbocycles. The molecule has 0 N–H and O–H groups in total. The number of nitrogens with zero attached hydrogens (tertiary/aromatic N) is 5. The van der Waals surface area contributed by atoms with Crippen molar-refractivity contribution in [2.75, 3.05) is 29.3 Å². The van der Waals surface area contributed by atoms with E-state index < -0.39 is 11.7 Å². The van der Waals surface area contributed by atoms with Crippen LogP contribution in [0.2, 0.25) is 0 Å². The highest BCUT2D eigenvalue weighted by atomic mass is 32.2. The number of aryl methyl sites for hydroxylation is 1. The first-order valence-electron chi connectivity index (χ1n) is 12.2. The van der Waals surface area contributed by atoms with Crippen molar-refractivity contribution in [2.45, 2.75) is 63.6 Å². The maximum atomic E-state index is 12.9. The van der Waals surface area contributed by atoms with Gasteiger partial charge in [-0.2, -0.15) is 4.31 Å². The number of ether oxygens (including phenoxy) is 1. The molecule has 0 bridgehead atoms. The summed E-state index contributed by atoms with van der Waals surface area (Å²) in [4.78, 5) is 27.7. The summed E-state index contributed by atoms with van der Waals surface area (Å²) in [5, 5.41) is 1.84. The smallest absolute Gasteiger partial charge is 0.426 e. The molecule has 3 heterocycles. The number of aromatic nitrogens is 2. The van der Waals surface area contributed by atoms with Crippen molar-refractivity contribution in [2.24, 2.45) is 0 Å². The molecule has 1 aliphatic heterocycles. The van der Waals surface area contributed by atoms with Crippen LogP contribution in [0, 0.1) is 6.92 Å². The van der Waals surface area contributed by atoms with Crippen molar-refractivity contribution in [3.63, 3.8) is 0 Å². The SMILES string of the molecule is Cc1cc(SN(C(=O)OC(C)(C)C)c2cscn2)cnc1N(C)C1CCN(Cc2ccccc2)CC1. The second kappa shape index (κ2) is 11.6. The van der Waals surface area contributed by atoms with Gasteiger partial charge in [-0.15, -0.1) is 11.3 Å². The number of anilines is 2. The molecule has 1 aromatic carbocycles. The van der Waals surface area contributed by atoms with E-state index >= 15 is 0 Å². The summed E-state index contributed by atoms with van der Waals surface area (Å²) < 4.78 is 7.10. The van der Waals surface area contributed by atoms with Gasteiger partial charge in [-0.3, -0.25) is 4.90 Å². The lowest BCUT2D eigenvalue weighted by atomic mass is 10.0. The monoisotopic (exact) mass is 525 g/mol. The first-order chi connectivity index (χ1) is 17.2. The molecule has 3 aromatic rings. The molecular formula is C27H35N5O2S2. The summed E-state index contributed by atoms with van der Waals surface area (Å²) in [5.41, 5.74) is 3.56. The van der Waals surface area contributed by atoms with Gasteiger partial charge in [0.1, 0.15) is 11.4 Å². The van der Waals surface area contributed by atoms with E-state index in [4.69, 9.17) is 9.72 Å². The topological polar surface area (TPSA) is 61.8 Å². The molecule has 192 valence electrons.